The van der Waals surface area contributed by atoms with E-state index in [1.54, 1.807) is 0 Å². The number of hydrogen-bond acceptors (Lipinski definition) is 3. The van der Waals surface area contributed by atoms with Crippen LogP contribution in [-0.2, 0) is 10.0 Å². The number of rotatable bonds is 7. The molecule has 0 aromatic heterocycles. The molecule has 0 bridgehead atoms. The van der Waals surface area contributed by atoms with Crippen LogP contribution in [0.4, 0.5) is 4.39 Å². The van der Waals surface area contributed by atoms with Gasteiger partial charge in [0.15, 0.2) is 0 Å². The van der Waals surface area contributed by atoms with E-state index in [0.29, 0.717) is 19.0 Å². The zero-order valence-corrected chi connectivity index (χ0v) is 12.3. The molecule has 0 saturated carbocycles. The maximum Gasteiger partial charge on any atom is 0.214 e. The van der Waals surface area contributed by atoms with E-state index < -0.39 is 16.7 Å². The van der Waals surface area contributed by atoms with Crippen LogP contribution in [0, 0.1) is 5.92 Å². The lowest BCUT2D eigenvalue weighted by atomic mass is 9.94. The molecule has 0 amide bonds. The third-order valence-electron chi connectivity index (χ3n) is 3.49. The molecule has 0 N–H and O–H groups in total. The highest BCUT2D eigenvalue weighted by atomic mass is 32.2. The maximum atomic E-state index is 12.0. The molecule has 6 heteroatoms. The quantitative estimate of drug-likeness (QED) is 0.706. The number of nitrogens with zero attached hydrogens (tertiary/aromatic N) is 2. The predicted octanol–water partition coefficient (Wildman–Crippen LogP) is 1.34. The second-order valence-corrected chi connectivity index (χ2v) is 7.38. The zero-order valence-electron chi connectivity index (χ0n) is 11.4. The van der Waals surface area contributed by atoms with Gasteiger partial charge >= 0.3 is 0 Å². The van der Waals surface area contributed by atoms with Crippen LogP contribution in [0.1, 0.15) is 25.7 Å². The van der Waals surface area contributed by atoms with Crippen molar-refractivity contribution in [3.63, 3.8) is 0 Å². The van der Waals surface area contributed by atoms with Gasteiger partial charge in [0.25, 0.3) is 0 Å². The smallest absolute Gasteiger partial charge is 0.214 e. The number of hydrogen-bond donors (Lipinski definition) is 0. The summed E-state index contributed by atoms with van der Waals surface area (Å²) in [5, 5.41) is 0. The van der Waals surface area contributed by atoms with Crippen molar-refractivity contribution in [2.45, 2.75) is 25.7 Å². The third kappa shape index (κ3) is 5.20. The normalized spacial score (nSPS) is 19.6. The summed E-state index contributed by atoms with van der Waals surface area (Å²) in [5.74, 6) is 0.575. The predicted molar refractivity (Wildman–Crippen MR) is 71.8 cm³/mol. The van der Waals surface area contributed by atoms with Gasteiger partial charge in [0.1, 0.15) is 0 Å². The van der Waals surface area contributed by atoms with Gasteiger partial charge in [0, 0.05) is 13.1 Å². The van der Waals surface area contributed by atoms with Crippen molar-refractivity contribution < 1.29 is 12.8 Å². The first-order valence-corrected chi connectivity index (χ1v) is 8.25. The molecule has 1 aliphatic rings. The minimum absolute atomic E-state index is 0.0497. The summed E-state index contributed by atoms with van der Waals surface area (Å²) in [5.41, 5.74) is 0. The lowest BCUT2D eigenvalue weighted by molar-refractivity contribution is 0.243. The van der Waals surface area contributed by atoms with E-state index in [4.69, 9.17) is 0 Å². The Morgan fingerprint density at radius 3 is 2.39 bits per heavy atom. The van der Waals surface area contributed by atoms with Crippen LogP contribution in [0.3, 0.4) is 0 Å². The Kier molecular flexibility index (Phi) is 6.52. The molecule has 1 heterocycles. The molecular weight excluding hydrogens is 255 g/mol. The largest absolute Gasteiger partial charge is 0.309 e. The van der Waals surface area contributed by atoms with E-state index >= 15 is 0 Å². The van der Waals surface area contributed by atoms with Crippen molar-refractivity contribution in [2.75, 3.05) is 46.2 Å². The van der Waals surface area contributed by atoms with Crippen molar-refractivity contribution >= 4 is 10.0 Å². The van der Waals surface area contributed by atoms with E-state index in [9.17, 15) is 12.8 Å². The molecule has 18 heavy (non-hydrogen) atoms. The van der Waals surface area contributed by atoms with E-state index in [1.807, 2.05) is 0 Å². The fraction of sp³-hybridized carbons (Fsp3) is 1.00. The van der Waals surface area contributed by atoms with Crippen LogP contribution in [-0.4, -0.2) is 63.8 Å². The average Bonchev–Trinajstić information content (AvgIpc) is 2.34. The van der Waals surface area contributed by atoms with Crippen LogP contribution < -0.4 is 0 Å². The van der Waals surface area contributed by atoms with Gasteiger partial charge in [-0.2, -0.15) is 0 Å². The molecule has 0 radical (unpaired) electrons. The van der Waals surface area contributed by atoms with Gasteiger partial charge in [0.05, 0.1) is 12.4 Å². The van der Waals surface area contributed by atoms with Gasteiger partial charge in [-0.05, 0) is 52.2 Å². The highest BCUT2D eigenvalue weighted by Crippen LogP contribution is 2.22. The number of alkyl halides is 1. The number of piperidine rings is 1. The van der Waals surface area contributed by atoms with Gasteiger partial charge < -0.3 is 4.90 Å². The molecule has 1 saturated heterocycles. The van der Waals surface area contributed by atoms with Crippen LogP contribution in [0.2, 0.25) is 0 Å². The minimum Gasteiger partial charge on any atom is -0.309 e. The molecule has 0 unspecified atom stereocenters. The summed E-state index contributed by atoms with van der Waals surface area (Å²) in [7, 11) is 0.887. The van der Waals surface area contributed by atoms with E-state index in [-0.39, 0.29) is 12.2 Å². The second kappa shape index (κ2) is 7.40. The highest BCUT2D eigenvalue weighted by molar-refractivity contribution is 7.89. The topological polar surface area (TPSA) is 40.6 Å². The van der Waals surface area contributed by atoms with Crippen molar-refractivity contribution in [3.8, 4) is 0 Å². The molecule has 0 atom stereocenters. The molecule has 0 spiro atoms. The summed E-state index contributed by atoms with van der Waals surface area (Å²) in [6.45, 7) is 1.71. The lowest BCUT2D eigenvalue weighted by Crippen LogP contribution is -2.40. The number of halogens is 1. The molecule has 1 rings (SSSR count). The van der Waals surface area contributed by atoms with Gasteiger partial charge in [-0.15, -0.1) is 0 Å². The van der Waals surface area contributed by atoms with Gasteiger partial charge in [0.2, 0.25) is 10.0 Å². The maximum absolute atomic E-state index is 12.0. The molecule has 4 nitrogen and oxygen atoms in total. The molecule has 1 fully saturated rings. The monoisotopic (exact) mass is 280 g/mol. The van der Waals surface area contributed by atoms with E-state index in [1.165, 1.54) is 4.31 Å². The fourth-order valence-electron chi connectivity index (χ4n) is 2.28. The molecule has 1 aliphatic heterocycles. The van der Waals surface area contributed by atoms with Crippen LogP contribution in [0.5, 0.6) is 0 Å². The first kappa shape index (κ1) is 15.9. The summed E-state index contributed by atoms with van der Waals surface area (Å²) < 4.78 is 37.3. The average molecular weight is 280 g/mol. The Morgan fingerprint density at radius 2 is 1.89 bits per heavy atom. The van der Waals surface area contributed by atoms with E-state index in [0.717, 1.165) is 25.8 Å². The molecule has 0 aromatic rings. The Morgan fingerprint density at radius 1 is 1.28 bits per heavy atom. The summed E-state index contributed by atoms with van der Waals surface area (Å²) >= 11 is 0. The summed E-state index contributed by atoms with van der Waals surface area (Å²) in [6.07, 6.45) is 3.11. The van der Waals surface area contributed by atoms with Gasteiger partial charge in [-0.3, -0.25) is 4.39 Å². The van der Waals surface area contributed by atoms with E-state index in [2.05, 4.69) is 19.0 Å². The lowest BCUT2D eigenvalue weighted by Gasteiger charge is -2.31. The molecule has 0 aromatic carbocycles. The van der Waals surface area contributed by atoms with Crippen molar-refractivity contribution in [1.29, 1.82) is 0 Å². The number of sulfonamides is 1. The van der Waals surface area contributed by atoms with Crippen molar-refractivity contribution in [2.24, 2.45) is 5.92 Å². The first-order valence-electron chi connectivity index (χ1n) is 6.64. The van der Waals surface area contributed by atoms with Crippen molar-refractivity contribution in [1.82, 2.24) is 9.21 Å². The first-order chi connectivity index (χ1) is 8.45. The standard InChI is InChI=1S/C12H25FN2O2S/c1-14(2)8-4-12-5-9-15(10-6-12)18(16,17)11-3-7-13/h12H,3-11H2,1-2H3. The zero-order chi connectivity index (χ0) is 13.6. The highest BCUT2D eigenvalue weighted by Gasteiger charge is 2.27. The van der Waals surface area contributed by atoms with Crippen LogP contribution in [0.25, 0.3) is 0 Å². The Labute approximate surface area is 110 Å². The Bertz CT molecular complexity index is 325. The van der Waals surface area contributed by atoms with Gasteiger partial charge in [-0.1, -0.05) is 0 Å². The van der Waals surface area contributed by atoms with Crippen molar-refractivity contribution in [3.05, 3.63) is 0 Å². The summed E-state index contributed by atoms with van der Waals surface area (Å²) in [6, 6.07) is 0. The van der Waals surface area contributed by atoms with Gasteiger partial charge in [-0.25, -0.2) is 12.7 Å². The molecular formula is C12H25FN2O2S. The Hall–Kier alpha value is -0.200. The molecule has 0 aliphatic carbocycles. The second-order valence-electron chi connectivity index (χ2n) is 5.29. The SMILES string of the molecule is CN(C)CCC1CCN(S(=O)(=O)CCCF)CC1. The molecule has 108 valence electrons. The fourth-order valence-corrected chi connectivity index (χ4v) is 3.78. The summed E-state index contributed by atoms with van der Waals surface area (Å²) in [4.78, 5) is 2.16. The minimum atomic E-state index is -3.22. The third-order valence-corrected chi connectivity index (χ3v) is 5.44. The van der Waals surface area contributed by atoms with Crippen LogP contribution >= 0.6 is 0 Å². The van der Waals surface area contributed by atoms with Crippen LogP contribution in [0.15, 0.2) is 0 Å². The Balaban J connectivity index is 2.34.